The Balaban J connectivity index is 1.80. The van der Waals surface area contributed by atoms with Gasteiger partial charge in [-0.2, -0.15) is 4.31 Å². The first-order valence-corrected chi connectivity index (χ1v) is 9.57. The van der Waals surface area contributed by atoms with Gasteiger partial charge in [0.2, 0.25) is 15.9 Å². The maximum absolute atomic E-state index is 12.4. The molecule has 0 aliphatic rings. The van der Waals surface area contributed by atoms with Gasteiger partial charge in [0.25, 0.3) is 0 Å². The Morgan fingerprint density at radius 2 is 2.04 bits per heavy atom. The highest BCUT2D eigenvalue weighted by molar-refractivity contribution is 9.10. The summed E-state index contributed by atoms with van der Waals surface area (Å²) in [5.41, 5.74) is 0. The lowest BCUT2D eigenvalue weighted by atomic mass is 10.4. The maximum Gasteiger partial charge on any atom is 0.243 e. The standard InChI is InChI=1S/C15H19BrN4O3S/c1-19(24(22,23)14-5-3-13(16)4-6-14)11-15(21)18-7-2-9-20-10-8-17-12-20/h3-6,8,10,12H,2,7,9,11H2,1H3,(H,18,21). The molecule has 0 saturated carbocycles. The Morgan fingerprint density at radius 1 is 1.33 bits per heavy atom. The van der Waals surface area contributed by atoms with Gasteiger partial charge in [-0.1, -0.05) is 15.9 Å². The van der Waals surface area contributed by atoms with E-state index in [1.807, 2.05) is 10.8 Å². The van der Waals surface area contributed by atoms with Gasteiger partial charge in [0, 0.05) is 37.0 Å². The molecule has 1 aromatic carbocycles. The Hall–Kier alpha value is -1.71. The zero-order valence-electron chi connectivity index (χ0n) is 13.2. The quantitative estimate of drug-likeness (QED) is 0.662. The van der Waals surface area contributed by atoms with Gasteiger partial charge >= 0.3 is 0 Å². The van der Waals surface area contributed by atoms with E-state index in [9.17, 15) is 13.2 Å². The number of likely N-dealkylation sites (N-methyl/N-ethyl adjacent to an activating group) is 1. The van der Waals surface area contributed by atoms with E-state index in [-0.39, 0.29) is 17.3 Å². The largest absolute Gasteiger partial charge is 0.355 e. The van der Waals surface area contributed by atoms with Crippen molar-refractivity contribution >= 4 is 31.9 Å². The maximum atomic E-state index is 12.4. The first-order chi connectivity index (χ1) is 11.4. The van der Waals surface area contributed by atoms with E-state index in [0.29, 0.717) is 6.54 Å². The SMILES string of the molecule is CN(CC(=O)NCCCn1ccnc1)S(=O)(=O)c1ccc(Br)cc1. The average Bonchev–Trinajstić information content (AvgIpc) is 3.05. The summed E-state index contributed by atoms with van der Waals surface area (Å²) in [5.74, 6) is -0.330. The van der Waals surface area contributed by atoms with Crippen LogP contribution in [0.15, 0.2) is 52.4 Å². The second-order valence-corrected chi connectivity index (χ2v) is 8.18. The number of amides is 1. The molecule has 0 spiro atoms. The van der Waals surface area contributed by atoms with Crippen molar-refractivity contribution in [2.45, 2.75) is 17.9 Å². The number of nitrogens with one attached hydrogen (secondary N) is 1. The molecule has 0 saturated heterocycles. The van der Waals surface area contributed by atoms with Crippen LogP contribution >= 0.6 is 15.9 Å². The molecule has 130 valence electrons. The smallest absolute Gasteiger partial charge is 0.243 e. The Kier molecular flexibility index (Phi) is 6.52. The van der Waals surface area contributed by atoms with Crippen LogP contribution in [0.5, 0.6) is 0 Å². The van der Waals surface area contributed by atoms with Gasteiger partial charge in [0.15, 0.2) is 0 Å². The van der Waals surface area contributed by atoms with E-state index < -0.39 is 10.0 Å². The summed E-state index contributed by atoms with van der Waals surface area (Å²) in [6, 6.07) is 6.30. The minimum atomic E-state index is -3.68. The number of benzene rings is 1. The number of carbonyl (C=O) groups excluding carboxylic acids is 1. The molecule has 1 heterocycles. The highest BCUT2D eigenvalue weighted by Crippen LogP contribution is 2.17. The number of aromatic nitrogens is 2. The van der Waals surface area contributed by atoms with E-state index in [4.69, 9.17) is 0 Å². The molecule has 24 heavy (non-hydrogen) atoms. The van der Waals surface area contributed by atoms with Gasteiger partial charge in [-0.3, -0.25) is 4.79 Å². The Bertz CT molecular complexity index is 761. The highest BCUT2D eigenvalue weighted by atomic mass is 79.9. The molecule has 2 aromatic rings. The summed E-state index contributed by atoms with van der Waals surface area (Å²) in [7, 11) is -2.29. The Morgan fingerprint density at radius 3 is 2.67 bits per heavy atom. The normalized spacial score (nSPS) is 11.6. The molecule has 9 heteroatoms. The van der Waals surface area contributed by atoms with E-state index in [1.165, 1.54) is 19.2 Å². The fourth-order valence-corrected chi connectivity index (χ4v) is 3.43. The predicted octanol–water partition coefficient (Wildman–Crippen LogP) is 1.47. The third kappa shape index (κ3) is 5.15. The van der Waals surface area contributed by atoms with Crippen molar-refractivity contribution in [3.8, 4) is 0 Å². The van der Waals surface area contributed by atoms with Crippen molar-refractivity contribution < 1.29 is 13.2 Å². The van der Waals surface area contributed by atoms with Crippen molar-refractivity contribution in [2.75, 3.05) is 20.1 Å². The molecular weight excluding hydrogens is 396 g/mol. The summed E-state index contributed by atoms with van der Waals surface area (Å²) in [6.45, 7) is 1.000. The van der Waals surface area contributed by atoms with Crippen LogP contribution < -0.4 is 5.32 Å². The van der Waals surface area contributed by atoms with Crippen LogP contribution in [-0.4, -0.2) is 48.3 Å². The zero-order chi connectivity index (χ0) is 17.6. The molecule has 0 aliphatic heterocycles. The van der Waals surface area contributed by atoms with Crippen molar-refractivity contribution in [3.63, 3.8) is 0 Å². The van der Waals surface area contributed by atoms with Crippen LogP contribution in [0.4, 0.5) is 0 Å². The minimum Gasteiger partial charge on any atom is -0.355 e. The zero-order valence-corrected chi connectivity index (χ0v) is 15.6. The van der Waals surface area contributed by atoms with Crippen LogP contribution in [0.3, 0.4) is 0 Å². The molecule has 1 amide bonds. The average molecular weight is 415 g/mol. The van der Waals surface area contributed by atoms with Crippen molar-refractivity contribution in [2.24, 2.45) is 0 Å². The number of aryl methyl sites for hydroxylation is 1. The van der Waals surface area contributed by atoms with Crippen molar-refractivity contribution in [1.82, 2.24) is 19.2 Å². The number of hydrogen-bond acceptors (Lipinski definition) is 4. The van der Waals surface area contributed by atoms with Crippen LogP contribution in [0.25, 0.3) is 0 Å². The molecular formula is C15H19BrN4O3S. The number of carbonyl (C=O) groups is 1. The van der Waals surface area contributed by atoms with Gasteiger partial charge < -0.3 is 9.88 Å². The van der Waals surface area contributed by atoms with Crippen LogP contribution in [-0.2, 0) is 21.4 Å². The summed E-state index contributed by atoms with van der Waals surface area (Å²) >= 11 is 3.26. The molecule has 7 nitrogen and oxygen atoms in total. The number of nitrogens with zero attached hydrogens (tertiary/aromatic N) is 3. The second-order valence-electron chi connectivity index (χ2n) is 5.22. The third-order valence-corrected chi connectivity index (χ3v) is 5.71. The third-order valence-electron chi connectivity index (χ3n) is 3.36. The van der Waals surface area contributed by atoms with E-state index in [1.54, 1.807) is 24.7 Å². The molecule has 0 radical (unpaired) electrons. The number of halogens is 1. The molecule has 1 N–H and O–H groups in total. The minimum absolute atomic E-state index is 0.154. The first-order valence-electron chi connectivity index (χ1n) is 7.34. The van der Waals surface area contributed by atoms with Gasteiger partial charge in [-0.15, -0.1) is 0 Å². The number of sulfonamides is 1. The summed E-state index contributed by atoms with van der Waals surface area (Å²) < 4.78 is 28.5. The molecule has 0 unspecified atom stereocenters. The fourth-order valence-electron chi connectivity index (χ4n) is 2.04. The number of rotatable bonds is 8. The van der Waals surface area contributed by atoms with Gasteiger partial charge in [0.1, 0.15) is 0 Å². The number of hydrogen-bond donors (Lipinski definition) is 1. The van der Waals surface area contributed by atoms with Crippen molar-refractivity contribution in [1.29, 1.82) is 0 Å². The Labute approximate surface area is 149 Å². The fraction of sp³-hybridized carbons (Fsp3) is 0.333. The molecule has 0 bridgehead atoms. The molecule has 0 atom stereocenters. The van der Waals surface area contributed by atoms with Crippen LogP contribution in [0.2, 0.25) is 0 Å². The van der Waals surface area contributed by atoms with Gasteiger partial charge in [-0.25, -0.2) is 13.4 Å². The molecule has 2 rings (SSSR count). The second kappa shape index (κ2) is 8.41. The van der Waals surface area contributed by atoms with Crippen LogP contribution in [0.1, 0.15) is 6.42 Å². The first kappa shape index (κ1) is 18.6. The van der Waals surface area contributed by atoms with E-state index >= 15 is 0 Å². The summed E-state index contributed by atoms with van der Waals surface area (Å²) in [6.07, 6.45) is 5.99. The van der Waals surface area contributed by atoms with E-state index in [2.05, 4.69) is 26.2 Å². The lowest BCUT2D eigenvalue weighted by Gasteiger charge is -2.17. The molecule has 0 fully saturated rings. The van der Waals surface area contributed by atoms with Gasteiger partial charge in [-0.05, 0) is 30.7 Å². The number of imidazole rings is 1. The van der Waals surface area contributed by atoms with E-state index in [0.717, 1.165) is 21.7 Å². The lowest BCUT2D eigenvalue weighted by molar-refractivity contribution is -0.121. The monoisotopic (exact) mass is 414 g/mol. The topological polar surface area (TPSA) is 84.3 Å². The molecule has 1 aromatic heterocycles. The van der Waals surface area contributed by atoms with Crippen LogP contribution in [0, 0.1) is 0 Å². The molecule has 0 aliphatic carbocycles. The summed E-state index contributed by atoms with van der Waals surface area (Å²) in [5, 5.41) is 2.72. The highest BCUT2D eigenvalue weighted by Gasteiger charge is 2.22. The van der Waals surface area contributed by atoms with Crippen molar-refractivity contribution in [3.05, 3.63) is 47.5 Å². The predicted molar refractivity (Wildman–Crippen MR) is 93.8 cm³/mol. The van der Waals surface area contributed by atoms with Gasteiger partial charge in [0.05, 0.1) is 17.8 Å². The summed E-state index contributed by atoms with van der Waals surface area (Å²) in [4.78, 5) is 16.0. The lowest BCUT2D eigenvalue weighted by Crippen LogP contribution is -2.38.